The lowest BCUT2D eigenvalue weighted by Gasteiger charge is -2.08. The molecule has 0 atom stereocenters. The molecule has 0 fully saturated rings. The third kappa shape index (κ3) is 1.90. The smallest absolute Gasteiger partial charge is 0.0712 e. The molecule has 0 aromatic heterocycles. The third-order valence-corrected chi connectivity index (χ3v) is 4.00. The molecule has 72 valence electrons. The summed E-state index contributed by atoms with van der Waals surface area (Å²) < 4.78 is 1.34. The second-order valence-electron chi connectivity index (χ2n) is 2.99. The van der Waals surface area contributed by atoms with Crippen molar-refractivity contribution < 1.29 is 0 Å². The van der Waals surface area contributed by atoms with Crippen LogP contribution in [-0.2, 0) is 0 Å². The molecular weight excluding hydrogens is 372 g/mol. The van der Waals surface area contributed by atoms with Crippen molar-refractivity contribution in [1.29, 1.82) is 0 Å². The second-order valence-corrected chi connectivity index (χ2v) is 6.84. The highest BCUT2D eigenvalue weighted by molar-refractivity contribution is 9.24. The van der Waals surface area contributed by atoms with Crippen molar-refractivity contribution in [1.82, 2.24) is 0 Å². The van der Waals surface area contributed by atoms with Gasteiger partial charge in [0.15, 0.2) is 0 Å². The first-order chi connectivity index (χ1) is 6.70. The molecule has 2 aromatic carbocycles. The predicted molar refractivity (Wildman–Crippen MR) is 72.2 cm³/mol. The Balaban J connectivity index is 2.75. The fraction of sp³-hybridized carbons (Fsp3) is 0.0909. The van der Waals surface area contributed by atoms with E-state index in [1.165, 1.54) is 16.3 Å². The fourth-order valence-corrected chi connectivity index (χ4v) is 3.52. The standard InChI is InChI=1S/C11H7Br3/c12-10-8-4-2-1-3-7(8)5-6-9(10)11(13)14/h1-6,11H. The second kappa shape index (κ2) is 4.33. The highest BCUT2D eigenvalue weighted by atomic mass is 79.9. The van der Waals surface area contributed by atoms with E-state index in [1.54, 1.807) is 0 Å². The van der Waals surface area contributed by atoms with Crippen LogP contribution in [0.15, 0.2) is 40.9 Å². The van der Waals surface area contributed by atoms with Gasteiger partial charge in [0.1, 0.15) is 0 Å². The minimum absolute atomic E-state index is 0.189. The number of hydrogen-bond acceptors (Lipinski definition) is 0. The Kier molecular flexibility index (Phi) is 3.30. The van der Waals surface area contributed by atoms with Crippen LogP contribution in [0.5, 0.6) is 0 Å². The van der Waals surface area contributed by atoms with Gasteiger partial charge < -0.3 is 0 Å². The van der Waals surface area contributed by atoms with E-state index in [4.69, 9.17) is 0 Å². The zero-order chi connectivity index (χ0) is 10.1. The van der Waals surface area contributed by atoms with Gasteiger partial charge in [-0.15, -0.1) is 0 Å². The fourth-order valence-electron chi connectivity index (χ4n) is 1.42. The molecule has 0 bridgehead atoms. The van der Waals surface area contributed by atoms with Crippen LogP contribution in [0, 0.1) is 0 Å². The van der Waals surface area contributed by atoms with E-state index in [2.05, 4.69) is 72.1 Å². The number of fused-ring (bicyclic) bond motifs is 1. The Hall–Kier alpha value is 0.140. The van der Waals surface area contributed by atoms with Crippen LogP contribution in [0.1, 0.15) is 9.30 Å². The van der Waals surface area contributed by atoms with Crippen LogP contribution in [0.3, 0.4) is 0 Å². The van der Waals surface area contributed by atoms with Crippen molar-refractivity contribution in [3.8, 4) is 0 Å². The Morgan fingerprint density at radius 2 is 1.64 bits per heavy atom. The van der Waals surface area contributed by atoms with Crippen LogP contribution in [0.2, 0.25) is 0 Å². The Morgan fingerprint density at radius 3 is 2.36 bits per heavy atom. The number of hydrogen-bond donors (Lipinski definition) is 0. The molecule has 0 aliphatic carbocycles. The summed E-state index contributed by atoms with van der Waals surface area (Å²) in [6.07, 6.45) is 0. The summed E-state index contributed by atoms with van der Waals surface area (Å²) >= 11 is 10.6. The lowest BCUT2D eigenvalue weighted by atomic mass is 10.1. The number of halogens is 3. The molecule has 0 heterocycles. The minimum Gasteiger partial charge on any atom is -0.0712 e. The van der Waals surface area contributed by atoms with Crippen molar-refractivity contribution in [2.24, 2.45) is 0 Å². The molecule has 0 amide bonds. The normalized spacial score (nSPS) is 11.1. The summed E-state index contributed by atoms with van der Waals surface area (Å²) in [6.45, 7) is 0. The van der Waals surface area contributed by atoms with Gasteiger partial charge in [0.25, 0.3) is 0 Å². The first kappa shape index (κ1) is 10.7. The van der Waals surface area contributed by atoms with E-state index in [1.807, 2.05) is 12.1 Å². The molecule has 0 spiro atoms. The van der Waals surface area contributed by atoms with E-state index in [9.17, 15) is 0 Å². The molecule has 0 aliphatic heterocycles. The van der Waals surface area contributed by atoms with Gasteiger partial charge in [-0.25, -0.2) is 0 Å². The monoisotopic (exact) mass is 376 g/mol. The van der Waals surface area contributed by atoms with E-state index >= 15 is 0 Å². The number of alkyl halides is 2. The average molecular weight is 379 g/mol. The van der Waals surface area contributed by atoms with Crippen molar-refractivity contribution >= 4 is 58.6 Å². The maximum Gasteiger partial charge on any atom is 0.0957 e. The third-order valence-electron chi connectivity index (χ3n) is 2.13. The Morgan fingerprint density at radius 1 is 0.929 bits per heavy atom. The van der Waals surface area contributed by atoms with Crippen molar-refractivity contribution in [2.75, 3.05) is 0 Å². The lowest BCUT2D eigenvalue weighted by molar-refractivity contribution is 1.42. The Bertz CT molecular complexity index is 463. The molecule has 0 unspecified atom stereocenters. The van der Waals surface area contributed by atoms with Gasteiger partial charge in [-0.2, -0.15) is 0 Å². The largest absolute Gasteiger partial charge is 0.0957 e. The van der Waals surface area contributed by atoms with Gasteiger partial charge in [-0.1, -0.05) is 68.3 Å². The first-order valence-corrected chi connectivity index (χ1v) is 6.78. The molecule has 2 rings (SSSR count). The zero-order valence-corrected chi connectivity index (χ0v) is 11.9. The molecule has 2 aromatic rings. The molecule has 14 heavy (non-hydrogen) atoms. The van der Waals surface area contributed by atoms with Crippen LogP contribution in [0.25, 0.3) is 10.8 Å². The van der Waals surface area contributed by atoms with Gasteiger partial charge >= 0.3 is 0 Å². The van der Waals surface area contributed by atoms with Crippen molar-refractivity contribution in [3.63, 3.8) is 0 Å². The molecule has 0 saturated carbocycles. The molecule has 0 radical (unpaired) electrons. The van der Waals surface area contributed by atoms with Crippen LogP contribution in [0.4, 0.5) is 0 Å². The maximum absolute atomic E-state index is 3.62. The lowest BCUT2D eigenvalue weighted by Crippen LogP contribution is -1.84. The SMILES string of the molecule is Brc1c(C(Br)Br)ccc2ccccc12. The van der Waals surface area contributed by atoms with Gasteiger partial charge in [0, 0.05) is 4.47 Å². The topological polar surface area (TPSA) is 0 Å². The highest BCUT2D eigenvalue weighted by Gasteiger charge is 2.09. The summed E-state index contributed by atoms with van der Waals surface area (Å²) in [5.41, 5.74) is 1.21. The maximum atomic E-state index is 3.62. The zero-order valence-electron chi connectivity index (χ0n) is 7.18. The number of benzene rings is 2. The van der Waals surface area contributed by atoms with E-state index in [0.717, 1.165) is 4.47 Å². The average Bonchev–Trinajstić information content (AvgIpc) is 2.18. The minimum atomic E-state index is 0.189. The summed E-state index contributed by atoms with van der Waals surface area (Å²) in [5, 5.41) is 2.50. The summed E-state index contributed by atoms with van der Waals surface area (Å²) in [4.78, 5) is 0. The predicted octanol–water partition coefficient (Wildman–Crippen LogP) is 5.39. The number of rotatable bonds is 1. The van der Waals surface area contributed by atoms with E-state index in [0.29, 0.717) is 0 Å². The van der Waals surface area contributed by atoms with E-state index in [-0.39, 0.29) is 3.74 Å². The van der Waals surface area contributed by atoms with Gasteiger partial charge in [0.05, 0.1) is 3.74 Å². The molecule has 0 N–H and O–H groups in total. The highest BCUT2D eigenvalue weighted by Crippen LogP contribution is 2.38. The quantitative estimate of drug-likeness (QED) is 0.583. The van der Waals surface area contributed by atoms with Crippen LogP contribution >= 0.6 is 47.8 Å². The van der Waals surface area contributed by atoms with E-state index < -0.39 is 0 Å². The van der Waals surface area contributed by atoms with Gasteiger partial charge in [-0.05, 0) is 32.3 Å². The van der Waals surface area contributed by atoms with Crippen molar-refractivity contribution in [2.45, 2.75) is 3.74 Å². The summed E-state index contributed by atoms with van der Waals surface area (Å²) in [6, 6.07) is 12.6. The molecule has 3 heteroatoms. The van der Waals surface area contributed by atoms with Gasteiger partial charge in [0.2, 0.25) is 0 Å². The Labute approximate surface area is 108 Å². The molecule has 0 aliphatic rings. The van der Waals surface area contributed by atoms with Crippen LogP contribution < -0.4 is 0 Å². The van der Waals surface area contributed by atoms with Gasteiger partial charge in [-0.3, -0.25) is 0 Å². The summed E-state index contributed by atoms with van der Waals surface area (Å²) in [7, 11) is 0. The molecule has 0 nitrogen and oxygen atoms in total. The molecule has 0 saturated heterocycles. The first-order valence-electron chi connectivity index (χ1n) is 4.15. The van der Waals surface area contributed by atoms with Crippen molar-refractivity contribution in [3.05, 3.63) is 46.4 Å². The summed E-state index contributed by atoms with van der Waals surface area (Å²) in [5.74, 6) is 0. The van der Waals surface area contributed by atoms with Crippen LogP contribution in [-0.4, -0.2) is 0 Å². The molecular formula is C11H7Br3.